The van der Waals surface area contributed by atoms with Crippen LogP contribution in [-0.4, -0.2) is 0 Å². The van der Waals surface area contributed by atoms with Gasteiger partial charge >= 0.3 is 0 Å². The van der Waals surface area contributed by atoms with Crippen LogP contribution in [0.5, 0.6) is 11.5 Å². The Bertz CT molecular complexity index is 613. The third-order valence-electron chi connectivity index (χ3n) is 2.82. The van der Waals surface area contributed by atoms with Gasteiger partial charge < -0.3 is 10.5 Å². The average molecular weight is 294 g/mol. The Morgan fingerprint density at radius 3 is 2.88 bits per heavy atom. The van der Waals surface area contributed by atoms with Gasteiger partial charge in [-0.05, 0) is 46.3 Å². The molecule has 0 saturated carbocycles. The second-order valence-electron chi connectivity index (χ2n) is 3.98. The SMILES string of the molecule is Nc1ccc2c(c1)Cc1c(F)ccc(Br)c1O2. The van der Waals surface area contributed by atoms with Gasteiger partial charge in [0.15, 0.2) is 0 Å². The van der Waals surface area contributed by atoms with Crippen LogP contribution in [0.25, 0.3) is 0 Å². The molecule has 2 aromatic rings. The molecule has 17 heavy (non-hydrogen) atoms. The van der Waals surface area contributed by atoms with Gasteiger partial charge in [-0.2, -0.15) is 0 Å². The lowest BCUT2D eigenvalue weighted by Gasteiger charge is -2.21. The number of benzene rings is 2. The fourth-order valence-electron chi connectivity index (χ4n) is 1.99. The van der Waals surface area contributed by atoms with Crippen molar-refractivity contribution in [3.8, 4) is 11.5 Å². The summed E-state index contributed by atoms with van der Waals surface area (Å²) in [6.45, 7) is 0. The number of anilines is 1. The Kier molecular flexibility index (Phi) is 2.33. The van der Waals surface area contributed by atoms with E-state index in [1.807, 2.05) is 12.1 Å². The van der Waals surface area contributed by atoms with Crippen LogP contribution in [-0.2, 0) is 6.42 Å². The minimum absolute atomic E-state index is 0.253. The van der Waals surface area contributed by atoms with Crippen molar-refractivity contribution in [1.29, 1.82) is 0 Å². The van der Waals surface area contributed by atoms with E-state index in [0.29, 0.717) is 23.4 Å². The fraction of sp³-hybridized carbons (Fsp3) is 0.0769. The van der Waals surface area contributed by atoms with Gasteiger partial charge in [0, 0.05) is 23.2 Å². The Hall–Kier alpha value is -1.55. The zero-order valence-corrected chi connectivity index (χ0v) is 10.4. The Labute approximate surface area is 106 Å². The van der Waals surface area contributed by atoms with Gasteiger partial charge in [-0.15, -0.1) is 0 Å². The lowest BCUT2D eigenvalue weighted by molar-refractivity contribution is 0.447. The van der Waals surface area contributed by atoms with Crippen molar-refractivity contribution >= 4 is 21.6 Å². The number of hydrogen-bond donors (Lipinski definition) is 1. The predicted molar refractivity (Wildman–Crippen MR) is 67.8 cm³/mol. The molecule has 0 spiro atoms. The van der Waals surface area contributed by atoms with Crippen LogP contribution in [0.1, 0.15) is 11.1 Å². The zero-order valence-electron chi connectivity index (χ0n) is 8.84. The lowest BCUT2D eigenvalue weighted by Crippen LogP contribution is -2.06. The van der Waals surface area contributed by atoms with Gasteiger partial charge in [-0.3, -0.25) is 0 Å². The molecule has 2 nitrogen and oxygen atoms in total. The number of nitrogen functional groups attached to an aromatic ring is 1. The van der Waals surface area contributed by atoms with E-state index in [-0.39, 0.29) is 5.82 Å². The predicted octanol–water partition coefficient (Wildman–Crippen LogP) is 3.87. The molecule has 2 aromatic carbocycles. The molecule has 0 fully saturated rings. The summed E-state index contributed by atoms with van der Waals surface area (Å²) in [6, 6.07) is 8.49. The molecule has 0 radical (unpaired) electrons. The van der Waals surface area contributed by atoms with E-state index in [9.17, 15) is 4.39 Å². The van der Waals surface area contributed by atoms with E-state index in [1.54, 1.807) is 12.1 Å². The van der Waals surface area contributed by atoms with E-state index in [1.165, 1.54) is 6.07 Å². The van der Waals surface area contributed by atoms with Crippen LogP contribution in [0.4, 0.5) is 10.1 Å². The summed E-state index contributed by atoms with van der Waals surface area (Å²) in [4.78, 5) is 0. The molecule has 2 N–H and O–H groups in total. The number of hydrogen-bond acceptors (Lipinski definition) is 2. The van der Waals surface area contributed by atoms with Crippen LogP contribution in [0, 0.1) is 5.82 Å². The minimum Gasteiger partial charge on any atom is -0.455 e. The van der Waals surface area contributed by atoms with Crippen molar-refractivity contribution < 1.29 is 9.13 Å². The molecule has 3 rings (SSSR count). The molecule has 0 aliphatic carbocycles. The van der Waals surface area contributed by atoms with Crippen LogP contribution in [0.3, 0.4) is 0 Å². The summed E-state index contributed by atoms with van der Waals surface area (Å²) < 4.78 is 20.2. The number of rotatable bonds is 0. The maximum absolute atomic E-state index is 13.7. The van der Waals surface area contributed by atoms with E-state index in [4.69, 9.17) is 10.5 Å². The highest BCUT2D eigenvalue weighted by atomic mass is 79.9. The first kappa shape index (κ1) is 10.6. The first-order valence-corrected chi connectivity index (χ1v) is 5.97. The summed E-state index contributed by atoms with van der Waals surface area (Å²) in [6.07, 6.45) is 0.501. The van der Waals surface area contributed by atoms with Crippen LogP contribution >= 0.6 is 15.9 Å². The molecule has 0 aromatic heterocycles. The van der Waals surface area contributed by atoms with E-state index < -0.39 is 0 Å². The maximum Gasteiger partial charge on any atom is 0.148 e. The maximum atomic E-state index is 13.7. The standard InChI is InChI=1S/C13H9BrFNO/c14-10-2-3-11(15)9-6-7-5-8(16)1-4-12(7)17-13(9)10/h1-5H,6,16H2. The Morgan fingerprint density at radius 1 is 1.24 bits per heavy atom. The Morgan fingerprint density at radius 2 is 2.06 bits per heavy atom. The van der Waals surface area contributed by atoms with Gasteiger partial charge in [0.05, 0.1) is 4.47 Å². The first-order valence-electron chi connectivity index (χ1n) is 5.18. The van der Waals surface area contributed by atoms with Crippen molar-refractivity contribution in [3.63, 3.8) is 0 Å². The molecule has 1 aliphatic heterocycles. The molecule has 0 saturated heterocycles. The molecule has 0 unspecified atom stereocenters. The third kappa shape index (κ3) is 1.69. The van der Waals surface area contributed by atoms with Crippen molar-refractivity contribution in [2.24, 2.45) is 0 Å². The monoisotopic (exact) mass is 293 g/mol. The molecule has 1 heterocycles. The molecule has 4 heteroatoms. The molecule has 1 aliphatic rings. The molecule has 0 atom stereocenters. The van der Waals surface area contributed by atoms with Crippen molar-refractivity contribution in [3.05, 3.63) is 51.7 Å². The topological polar surface area (TPSA) is 35.2 Å². The third-order valence-corrected chi connectivity index (χ3v) is 3.44. The first-order chi connectivity index (χ1) is 8.15. The number of halogens is 2. The highest BCUT2D eigenvalue weighted by molar-refractivity contribution is 9.10. The summed E-state index contributed by atoms with van der Waals surface area (Å²) >= 11 is 3.37. The summed E-state index contributed by atoms with van der Waals surface area (Å²) in [5.41, 5.74) is 7.85. The van der Waals surface area contributed by atoms with E-state index in [2.05, 4.69) is 15.9 Å². The second kappa shape index (κ2) is 3.74. The average Bonchev–Trinajstić information content (AvgIpc) is 2.32. The van der Waals surface area contributed by atoms with Gasteiger partial charge in [-0.25, -0.2) is 4.39 Å². The van der Waals surface area contributed by atoms with Crippen LogP contribution in [0.15, 0.2) is 34.8 Å². The number of ether oxygens (including phenoxy) is 1. The highest BCUT2D eigenvalue weighted by Gasteiger charge is 2.22. The summed E-state index contributed by atoms with van der Waals surface area (Å²) in [5, 5.41) is 0. The normalized spacial score (nSPS) is 12.6. The van der Waals surface area contributed by atoms with Gasteiger partial charge in [0.2, 0.25) is 0 Å². The minimum atomic E-state index is -0.253. The highest BCUT2D eigenvalue weighted by Crippen LogP contribution is 2.42. The summed E-state index contributed by atoms with van der Waals surface area (Å²) in [7, 11) is 0. The number of fused-ring (bicyclic) bond motifs is 2. The Balaban J connectivity index is 2.17. The van der Waals surface area contributed by atoms with Gasteiger partial charge in [0.25, 0.3) is 0 Å². The largest absolute Gasteiger partial charge is 0.455 e. The van der Waals surface area contributed by atoms with E-state index >= 15 is 0 Å². The fourth-order valence-corrected chi connectivity index (χ4v) is 2.44. The molecular formula is C13H9BrFNO. The van der Waals surface area contributed by atoms with Gasteiger partial charge in [0.1, 0.15) is 17.3 Å². The second-order valence-corrected chi connectivity index (χ2v) is 4.84. The molecule has 0 amide bonds. The number of nitrogens with two attached hydrogens (primary N) is 1. The smallest absolute Gasteiger partial charge is 0.148 e. The van der Waals surface area contributed by atoms with Crippen LogP contribution in [0.2, 0.25) is 0 Å². The zero-order chi connectivity index (χ0) is 12.0. The lowest BCUT2D eigenvalue weighted by atomic mass is 9.99. The van der Waals surface area contributed by atoms with Crippen molar-refractivity contribution in [2.75, 3.05) is 5.73 Å². The van der Waals surface area contributed by atoms with Crippen molar-refractivity contribution in [2.45, 2.75) is 6.42 Å². The quantitative estimate of drug-likeness (QED) is 0.639. The van der Waals surface area contributed by atoms with Gasteiger partial charge in [-0.1, -0.05) is 0 Å². The van der Waals surface area contributed by atoms with Crippen LogP contribution < -0.4 is 10.5 Å². The van der Waals surface area contributed by atoms with E-state index in [0.717, 1.165) is 15.8 Å². The van der Waals surface area contributed by atoms with Crippen molar-refractivity contribution in [1.82, 2.24) is 0 Å². The molecule has 86 valence electrons. The molecular weight excluding hydrogens is 285 g/mol. The molecule has 0 bridgehead atoms. The summed E-state index contributed by atoms with van der Waals surface area (Å²) in [5.74, 6) is 1.04.